The first-order valence-electron chi connectivity index (χ1n) is 10.6. The fraction of sp³-hybridized carbons (Fsp3) is 0.409. The first kappa shape index (κ1) is 21.8. The molecule has 5 rings (SSSR count). The number of halogens is 4. The van der Waals surface area contributed by atoms with Crippen LogP contribution < -0.4 is 0 Å². The number of alkyl halides is 3. The molecule has 0 aliphatic carbocycles. The molecule has 5 heterocycles. The van der Waals surface area contributed by atoms with Crippen molar-refractivity contribution in [1.82, 2.24) is 29.9 Å². The molecule has 0 aromatic carbocycles. The summed E-state index contributed by atoms with van der Waals surface area (Å²) in [5.74, 6) is -0.127. The Bertz CT molecular complexity index is 1200. The van der Waals surface area contributed by atoms with Crippen LogP contribution in [0.2, 0.25) is 5.02 Å². The lowest BCUT2D eigenvalue weighted by Crippen LogP contribution is -2.38. The van der Waals surface area contributed by atoms with E-state index in [1.165, 1.54) is 17.2 Å². The molecule has 0 spiro atoms. The molecule has 2 aliphatic heterocycles. The maximum atomic E-state index is 13.6. The van der Waals surface area contributed by atoms with E-state index in [9.17, 15) is 18.0 Å². The van der Waals surface area contributed by atoms with E-state index in [4.69, 9.17) is 11.6 Å². The van der Waals surface area contributed by atoms with Gasteiger partial charge in [0, 0.05) is 24.0 Å². The van der Waals surface area contributed by atoms with Gasteiger partial charge in [0.25, 0.3) is 5.91 Å². The van der Waals surface area contributed by atoms with Crippen LogP contribution in [0.4, 0.5) is 13.2 Å². The predicted octanol–water partition coefficient (Wildman–Crippen LogP) is 4.27. The summed E-state index contributed by atoms with van der Waals surface area (Å²) in [7, 11) is 0. The minimum atomic E-state index is -4.49. The zero-order valence-electron chi connectivity index (χ0n) is 17.6. The average Bonchev–Trinajstić information content (AvgIpc) is 3.50. The third kappa shape index (κ3) is 3.96. The minimum Gasteiger partial charge on any atom is -0.331 e. The molecular weight excluding hydrogens is 457 g/mol. The van der Waals surface area contributed by atoms with Gasteiger partial charge in [-0.05, 0) is 56.7 Å². The third-order valence-electron chi connectivity index (χ3n) is 6.45. The highest BCUT2D eigenvalue weighted by Gasteiger charge is 2.49. The quantitative estimate of drug-likeness (QED) is 0.562. The van der Waals surface area contributed by atoms with Crippen molar-refractivity contribution in [2.24, 2.45) is 5.92 Å². The van der Waals surface area contributed by atoms with E-state index < -0.39 is 11.7 Å². The lowest BCUT2D eigenvalue weighted by Gasteiger charge is -2.25. The molecule has 3 atom stereocenters. The Kier molecular flexibility index (Phi) is 5.35. The summed E-state index contributed by atoms with van der Waals surface area (Å²) in [4.78, 5) is 25.4. The van der Waals surface area contributed by atoms with Crippen molar-refractivity contribution in [1.29, 1.82) is 0 Å². The van der Waals surface area contributed by atoms with E-state index in [2.05, 4.69) is 20.2 Å². The van der Waals surface area contributed by atoms with Crippen LogP contribution >= 0.6 is 11.6 Å². The molecule has 3 aromatic rings. The number of fused-ring (bicyclic) bond motifs is 2. The zero-order valence-corrected chi connectivity index (χ0v) is 18.4. The van der Waals surface area contributed by atoms with Crippen LogP contribution in [0, 0.1) is 12.8 Å². The number of pyridine rings is 2. The van der Waals surface area contributed by atoms with Gasteiger partial charge in [-0.25, -0.2) is 4.98 Å². The Morgan fingerprint density at radius 1 is 1.21 bits per heavy atom. The summed E-state index contributed by atoms with van der Waals surface area (Å²) in [6.07, 6.45) is 2.25. The van der Waals surface area contributed by atoms with Gasteiger partial charge in [-0.3, -0.25) is 9.78 Å². The second-order valence-electron chi connectivity index (χ2n) is 8.50. The molecule has 3 aromatic heterocycles. The highest BCUT2D eigenvalue weighted by atomic mass is 35.5. The largest absolute Gasteiger partial charge is 0.417 e. The van der Waals surface area contributed by atoms with Crippen molar-refractivity contribution in [2.75, 3.05) is 0 Å². The highest BCUT2D eigenvalue weighted by molar-refractivity contribution is 6.31. The summed E-state index contributed by atoms with van der Waals surface area (Å²) in [5.41, 5.74) is 1.05. The molecule has 2 bridgehead atoms. The van der Waals surface area contributed by atoms with Crippen LogP contribution in [0.1, 0.15) is 46.7 Å². The SMILES string of the molecule is Cc1ccc(-n2nccn2)c(C(=O)N2C3CCC2C(Cc2ncc(C(F)(F)F)cc2Cl)C3)n1. The van der Waals surface area contributed by atoms with E-state index >= 15 is 0 Å². The molecule has 172 valence electrons. The Labute approximate surface area is 192 Å². The molecule has 2 aliphatic rings. The number of rotatable bonds is 4. The van der Waals surface area contributed by atoms with Gasteiger partial charge in [-0.15, -0.1) is 4.80 Å². The topological polar surface area (TPSA) is 76.8 Å². The van der Waals surface area contributed by atoms with Crippen molar-refractivity contribution in [3.63, 3.8) is 0 Å². The summed E-state index contributed by atoms with van der Waals surface area (Å²) < 4.78 is 38.8. The molecule has 2 saturated heterocycles. The Hall–Kier alpha value is -3.01. The Morgan fingerprint density at radius 3 is 2.67 bits per heavy atom. The lowest BCUT2D eigenvalue weighted by atomic mass is 9.86. The van der Waals surface area contributed by atoms with Crippen LogP contribution in [0.3, 0.4) is 0 Å². The van der Waals surface area contributed by atoms with Crippen molar-refractivity contribution in [2.45, 2.75) is 50.9 Å². The molecule has 1 amide bonds. The van der Waals surface area contributed by atoms with E-state index in [1.807, 2.05) is 11.8 Å². The standard InChI is InChI=1S/C22H20ClF3N6O/c1-12-2-4-19(32-28-6-7-29-32)20(30-12)21(33)31-15-3-5-18(31)13(8-15)9-17-16(23)10-14(11-27-17)22(24,25)26/h2,4,6-7,10-11,13,15,18H,3,5,8-9H2,1H3. The molecule has 2 fully saturated rings. The monoisotopic (exact) mass is 476 g/mol. The normalized spacial score (nSPS) is 22.2. The molecule has 11 heteroatoms. The number of hydrogen-bond donors (Lipinski definition) is 0. The smallest absolute Gasteiger partial charge is 0.331 e. The molecule has 33 heavy (non-hydrogen) atoms. The van der Waals surface area contributed by atoms with E-state index in [-0.39, 0.29) is 34.6 Å². The van der Waals surface area contributed by atoms with Gasteiger partial charge >= 0.3 is 6.18 Å². The van der Waals surface area contributed by atoms with Crippen molar-refractivity contribution >= 4 is 17.5 Å². The highest BCUT2D eigenvalue weighted by Crippen LogP contribution is 2.44. The van der Waals surface area contributed by atoms with Crippen LogP contribution in [-0.4, -0.2) is 47.9 Å². The number of carbonyl (C=O) groups is 1. The average molecular weight is 477 g/mol. The molecule has 3 unspecified atom stereocenters. The molecule has 0 radical (unpaired) electrons. The zero-order chi connectivity index (χ0) is 23.3. The number of hydrogen-bond acceptors (Lipinski definition) is 5. The van der Waals surface area contributed by atoms with Gasteiger partial charge in [-0.2, -0.15) is 23.4 Å². The van der Waals surface area contributed by atoms with Gasteiger partial charge in [0.1, 0.15) is 5.69 Å². The fourth-order valence-corrected chi connectivity index (χ4v) is 5.24. The second kappa shape index (κ2) is 8.09. The number of carbonyl (C=O) groups excluding carboxylic acids is 1. The van der Waals surface area contributed by atoms with Crippen LogP contribution in [0.5, 0.6) is 0 Å². The molecule has 0 saturated carbocycles. The van der Waals surface area contributed by atoms with Crippen LogP contribution in [0.25, 0.3) is 5.69 Å². The van der Waals surface area contributed by atoms with Crippen molar-refractivity contribution in [3.05, 3.63) is 64.5 Å². The van der Waals surface area contributed by atoms with E-state index in [0.29, 0.717) is 23.5 Å². The Morgan fingerprint density at radius 2 is 1.97 bits per heavy atom. The number of aryl methyl sites for hydroxylation is 1. The number of nitrogens with zero attached hydrogens (tertiary/aromatic N) is 6. The summed E-state index contributed by atoms with van der Waals surface area (Å²) in [5, 5.41) is 8.27. The van der Waals surface area contributed by atoms with Crippen molar-refractivity contribution in [3.8, 4) is 5.69 Å². The fourth-order valence-electron chi connectivity index (χ4n) is 5.00. The summed E-state index contributed by atoms with van der Waals surface area (Å²) in [6, 6.07) is 4.48. The summed E-state index contributed by atoms with van der Waals surface area (Å²) in [6.45, 7) is 1.82. The van der Waals surface area contributed by atoms with Crippen LogP contribution in [-0.2, 0) is 12.6 Å². The Balaban J connectivity index is 1.40. The molecule has 7 nitrogen and oxygen atoms in total. The number of amides is 1. The third-order valence-corrected chi connectivity index (χ3v) is 6.78. The summed E-state index contributed by atoms with van der Waals surface area (Å²) >= 11 is 6.14. The maximum absolute atomic E-state index is 13.6. The van der Waals surface area contributed by atoms with Crippen LogP contribution in [0.15, 0.2) is 36.8 Å². The second-order valence-corrected chi connectivity index (χ2v) is 8.91. The first-order chi connectivity index (χ1) is 15.7. The van der Waals surface area contributed by atoms with Gasteiger partial charge < -0.3 is 4.90 Å². The van der Waals surface area contributed by atoms with Gasteiger partial charge in [0.15, 0.2) is 5.69 Å². The van der Waals surface area contributed by atoms with Crippen molar-refractivity contribution < 1.29 is 18.0 Å². The predicted molar refractivity (Wildman–Crippen MR) is 113 cm³/mol. The molecule has 0 N–H and O–H groups in total. The lowest BCUT2D eigenvalue weighted by molar-refractivity contribution is -0.137. The maximum Gasteiger partial charge on any atom is 0.417 e. The first-order valence-corrected chi connectivity index (χ1v) is 11.0. The van der Waals surface area contributed by atoms with Gasteiger partial charge in [0.05, 0.1) is 28.7 Å². The van der Waals surface area contributed by atoms with Gasteiger partial charge in [-0.1, -0.05) is 11.6 Å². The van der Waals surface area contributed by atoms with E-state index in [1.54, 1.807) is 12.1 Å². The van der Waals surface area contributed by atoms with E-state index in [0.717, 1.165) is 31.5 Å². The molecular formula is C22H20ClF3N6O. The number of aromatic nitrogens is 5. The minimum absolute atomic E-state index is 0.00197. The van der Waals surface area contributed by atoms with Gasteiger partial charge in [0.2, 0.25) is 0 Å².